The molecular formula is C14H8N2O5. The first-order chi connectivity index (χ1) is 10.1. The van der Waals surface area contributed by atoms with Crippen molar-refractivity contribution < 1.29 is 18.9 Å². The average Bonchev–Trinajstić information content (AvgIpc) is 3.10. The Hall–Kier alpha value is -3.22. The van der Waals surface area contributed by atoms with Crippen LogP contribution in [0, 0.1) is 10.1 Å². The van der Waals surface area contributed by atoms with E-state index in [0.717, 1.165) is 0 Å². The number of carbonyl (C=O) groups is 1. The maximum Gasteiger partial charge on any atom is 0.363 e. The van der Waals surface area contributed by atoms with Gasteiger partial charge in [-0.15, -0.1) is 0 Å². The van der Waals surface area contributed by atoms with Crippen molar-refractivity contribution in [1.82, 2.24) is 0 Å². The maximum absolute atomic E-state index is 11.7. The van der Waals surface area contributed by atoms with Gasteiger partial charge in [0.15, 0.2) is 5.70 Å². The second-order valence-electron chi connectivity index (χ2n) is 4.16. The summed E-state index contributed by atoms with van der Waals surface area (Å²) in [7, 11) is 0. The summed E-state index contributed by atoms with van der Waals surface area (Å²) in [6.45, 7) is 0. The monoisotopic (exact) mass is 284 g/mol. The van der Waals surface area contributed by atoms with Crippen molar-refractivity contribution in [3.8, 4) is 0 Å². The lowest BCUT2D eigenvalue weighted by Gasteiger charge is -1.98. The van der Waals surface area contributed by atoms with Crippen LogP contribution < -0.4 is 0 Å². The van der Waals surface area contributed by atoms with Gasteiger partial charge in [0.2, 0.25) is 5.90 Å². The van der Waals surface area contributed by atoms with Gasteiger partial charge in [0.05, 0.1) is 11.2 Å². The summed E-state index contributed by atoms with van der Waals surface area (Å²) in [4.78, 5) is 26.0. The Bertz CT molecular complexity index is 774. The van der Waals surface area contributed by atoms with Gasteiger partial charge in [-0.2, -0.15) is 0 Å². The van der Waals surface area contributed by atoms with Crippen LogP contribution in [0.5, 0.6) is 0 Å². The highest BCUT2D eigenvalue weighted by Gasteiger charge is 2.25. The van der Waals surface area contributed by atoms with E-state index in [1.54, 1.807) is 18.2 Å². The van der Waals surface area contributed by atoms with Crippen LogP contribution in [-0.2, 0) is 9.53 Å². The number of aliphatic imine (C=N–C) groups is 1. The zero-order valence-electron chi connectivity index (χ0n) is 10.6. The molecule has 1 aliphatic heterocycles. The van der Waals surface area contributed by atoms with E-state index in [-0.39, 0.29) is 17.3 Å². The van der Waals surface area contributed by atoms with Gasteiger partial charge in [0.25, 0.3) is 5.69 Å². The highest BCUT2D eigenvalue weighted by Crippen LogP contribution is 2.21. The topological polar surface area (TPSA) is 94.9 Å². The number of hydrogen-bond acceptors (Lipinski definition) is 6. The Morgan fingerprint density at radius 3 is 2.81 bits per heavy atom. The minimum absolute atomic E-state index is 0.0292. The molecule has 0 unspecified atom stereocenters. The Balaban J connectivity index is 1.95. The number of hydrogen-bond donors (Lipinski definition) is 0. The summed E-state index contributed by atoms with van der Waals surface area (Å²) in [6, 6.07) is 9.06. The molecule has 7 nitrogen and oxygen atoms in total. The van der Waals surface area contributed by atoms with Gasteiger partial charge < -0.3 is 9.15 Å². The van der Waals surface area contributed by atoms with Gasteiger partial charge in [-0.25, -0.2) is 9.79 Å². The average molecular weight is 284 g/mol. The zero-order valence-corrected chi connectivity index (χ0v) is 10.6. The Labute approximate surface area is 118 Å². The molecule has 0 spiro atoms. The summed E-state index contributed by atoms with van der Waals surface area (Å²) < 4.78 is 10.1. The third kappa shape index (κ3) is 2.57. The van der Waals surface area contributed by atoms with Crippen molar-refractivity contribution >= 4 is 23.6 Å². The first-order valence-electron chi connectivity index (χ1n) is 5.94. The Morgan fingerprint density at radius 1 is 1.24 bits per heavy atom. The van der Waals surface area contributed by atoms with E-state index >= 15 is 0 Å². The zero-order chi connectivity index (χ0) is 14.8. The SMILES string of the molecule is O=C1OC(c2cccc([N+](=O)[O-])c2)=N/C1=C/c1ccco1. The number of ether oxygens (including phenoxy) is 1. The number of carbonyl (C=O) groups excluding carboxylic acids is 1. The number of nitro benzene ring substituents is 1. The molecule has 1 aromatic carbocycles. The third-order valence-corrected chi connectivity index (χ3v) is 2.75. The smallest absolute Gasteiger partial charge is 0.363 e. The number of nitro groups is 1. The summed E-state index contributed by atoms with van der Waals surface area (Å²) in [5.41, 5.74) is 0.335. The van der Waals surface area contributed by atoms with E-state index in [0.29, 0.717) is 11.3 Å². The van der Waals surface area contributed by atoms with Gasteiger partial charge in [-0.05, 0) is 18.2 Å². The van der Waals surface area contributed by atoms with Gasteiger partial charge in [-0.3, -0.25) is 10.1 Å². The molecule has 1 aromatic heterocycles. The van der Waals surface area contributed by atoms with Crippen LogP contribution in [0.3, 0.4) is 0 Å². The fraction of sp³-hybridized carbons (Fsp3) is 0. The van der Waals surface area contributed by atoms with E-state index in [1.165, 1.54) is 30.5 Å². The van der Waals surface area contributed by atoms with Crippen LogP contribution >= 0.6 is 0 Å². The Kier molecular flexibility index (Phi) is 3.07. The van der Waals surface area contributed by atoms with Gasteiger partial charge in [0, 0.05) is 23.8 Å². The standard InChI is InChI=1S/C14H8N2O5/c17-14-12(8-11-5-2-6-20-11)15-13(21-14)9-3-1-4-10(7-9)16(18)19/h1-8H/b12-8+. The molecule has 0 amide bonds. The first kappa shape index (κ1) is 12.8. The van der Waals surface area contributed by atoms with Crippen LogP contribution in [0.2, 0.25) is 0 Å². The molecule has 0 fully saturated rings. The maximum atomic E-state index is 11.7. The lowest BCUT2D eigenvalue weighted by Crippen LogP contribution is -2.05. The third-order valence-electron chi connectivity index (χ3n) is 2.75. The van der Waals surface area contributed by atoms with Gasteiger partial charge in [0.1, 0.15) is 5.76 Å². The quantitative estimate of drug-likeness (QED) is 0.373. The van der Waals surface area contributed by atoms with Crippen molar-refractivity contribution in [2.45, 2.75) is 0 Å². The Morgan fingerprint density at radius 2 is 2.10 bits per heavy atom. The molecule has 0 bridgehead atoms. The summed E-state index contributed by atoms with van der Waals surface area (Å²) in [5, 5.41) is 10.7. The van der Waals surface area contributed by atoms with Crippen LogP contribution in [0.1, 0.15) is 11.3 Å². The molecule has 0 radical (unpaired) electrons. The van der Waals surface area contributed by atoms with E-state index in [9.17, 15) is 14.9 Å². The molecule has 0 saturated heterocycles. The number of furan rings is 1. The molecule has 21 heavy (non-hydrogen) atoms. The molecule has 2 aromatic rings. The second kappa shape index (κ2) is 5.04. The fourth-order valence-corrected chi connectivity index (χ4v) is 1.79. The van der Waals surface area contributed by atoms with Crippen molar-refractivity contribution in [1.29, 1.82) is 0 Å². The highest BCUT2D eigenvalue weighted by atomic mass is 16.6. The van der Waals surface area contributed by atoms with Crippen molar-refractivity contribution in [2.24, 2.45) is 4.99 Å². The number of non-ortho nitro benzene ring substituents is 1. The number of esters is 1. The lowest BCUT2D eigenvalue weighted by atomic mass is 10.2. The van der Waals surface area contributed by atoms with E-state index < -0.39 is 10.9 Å². The molecule has 3 rings (SSSR count). The fourth-order valence-electron chi connectivity index (χ4n) is 1.79. The molecule has 7 heteroatoms. The predicted molar refractivity (Wildman–Crippen MR) is 72.4 cm³/mol. The molecule has 104 valence electrons. The van der Waals surface area contributed by atoms with Crippen molar-refractivity contribution in [3.05, 3.63) is 69.8 Å². The summed E-state index contributed by atoms with van der Waals surface area (Å²) >= 11 is 0. The largest absolute Gasteiger partial charge is 0.465 e. The number of cyclic esters (lactones) is 1. The second-order valence-corrected chi connectivity index (χ2v) is 4.16. The minimum Gasteiger partial charge on any atom is -0.465 e. The van der Waals surface area contributed by atoms with Crippen molar-refractivity contribution in [2.75, 3.05) is 0 Å². The first-order valence-corrected chi connectivity index (χ1v) is 5.94. The lowest BCUT2D eigenvalue weighted by molar-refractivity contribution is -0.384. The molecule has 0 aliphatic carbocycles. The molecular weight excluding hydrogens is 276 g/mol. The normalized spacial score (nSPS) is 15.9. The van der Waals surface area contributed by atoms with E-state index in [1.807, 2.05) is 0 Å². The molecule has 0 saturated carbocycles. The number of benzene rings is 1. The number of rotatable bonds is 3. The molecule has 0 N–H and O–H groups in total. The predicted octanol–water partition coefficient (Wildman–Crippen LogP) is 2.53. The summed E-state index contributed by atoms with van der Waals surface area (Å²) in [6.07, 6.45) is 2.91. The van der Waals surface area contributed by atoms with Crippen LogP contribution in [0.25, 0.3) is 6.08 Å². The van der Waals surface area contributed by atoms with Crippen LogP contribution in [-0.4, -0.2) is 16.8 Å². The van der Waals surface area contributed by atoms with Crippen LogP contribution in [0.4, 0.5) is 5.69 Å². The van der Waals surface area contributed by atoms with Crippen molar-refractivity contribution in [3.63, 3.8) is 0 Å². The summed E-state index contributed by atoms with van der Waals surface area (Å²) in [5.74, 6) is -0.139. The van der Waals surface area contributed by atoms with Crippen LogP contribution in [0.15, 0.2) is 57.8 Å². The highest BCUT2D eigenvalue weighted by molar-refractivity contribution is 6.12. The minimum atomic E-state index is -0.632. The number of nitrogens with zero attached hydrogens (tertiary/aromatic N) is 2. The van der Waals surface area contributed by atoms with Gasteiger partial charge >= 0.3 is 5.97 Å². The van der Waals surface area contributed by atoms with E-state index in [2.05, 4.69) is 4.99 Å². The molecule has 2 heterocycles. The molecule has 0 atom stereocenters. The van der Waals surface area contributed by atoms with E-state index in [4.69, 9.17) is 9.15 Å². The van der Waals surface area contributed by atoms with Gasteiger partial charge in [-0.1, -0.05) is 6.07 Å². The molecule has 1 aliphatic rings.